The van der Waals surface area contributed by atoms with E-state index < -0.39 is 0 Å². The van der Waals surface area contributed by atoms with Gasteiger partial charge >= 0.3 is 0 Å². The van der Waals surface area contributed by atoms with Gasteiger partial charge in [-0.3, -0.25) is 10.1 Å². The largest absolute Gasteiger partial charge is 0.382 e. The van der Waals surface area contributed by atoms with Crippen molar-refractivity contribution in [1.82, 2.24) is 10.2 Å². The fourth-order valence-corrected chi connectivity index (χ4v) is 2.37. The van der Waals surface area contributed by atoms with E-state index in [0.29, 0.717) is 13.2 Å². The standard InChI is InChI=1S/C13H26N2O3/c1-5-7-12-14-11(6-2)13(16)15(12)8-10(18-4)9-17-3/h10-12,14H,5-9H2,1-4H3. The number of nitrogens with zero attached hydrogens (tertiary/aromatic N) is 1. The lowest BCUT2D eigenvalue weighted by Gasteiger charge is -2.27. The Hall–Kier alpha value is -0.650. The normalized spacial score (nSPS) is 25.8. The van der Waals surface area contributed by atoms with E-state index in [1.165, 1.54) is 0 Å². The maximum absolute atomic E-state index is 12.2. The summed E-state index contributed by atoms with van der Waals surface area (Å²) in [5.41, 5.74) is 0. The van der Waals surface area contributed by atoms with Crippen molar-refractivity contribution in [3.05, 3.63) is 0 Å². The molecule has 1 fully saturated rings. The Bertz CT molecular complexity index is 261. The zero-order valence-corrected chi connectivity index (χ0v) is 11.9. The molecule has 3 atom stereocenters. The highest BCUT2D eigenvalue weighted by molar-refractivity contribution is 5.84. The molecule has 1 saturated heterocycles. The quantitative estimate of drug-likeness (QED) is 0.705. The van der Waals surface area contributed by atoms with Crippen LogP contribution in [0.25, 0.3) is 0 Å². The fraction of sp³-hybridized carbons (Fsp3) is 0.923. The van der Waals surface area contributed by atoms with Crippen molar-refractivity contribution >= 4 is 5.91 Å². The van der Waals surface area contributed by atoms with Gasteiger partial charge in [-0.1, -0.05) is 20.3 Å². The SMILES string of the molecule is CCCC1NC(CC)C(=O)N1CC(COC)OC. The first-order valence-electron chi connectivity index (χ1n) is 6.76. The maximum Gasteiger partial charge on any atom is 0.241 e. The highest BCUT2D eigenvalue weighted by Crippen LogP contribution is 2.17. The van der Waals surface area contributed by atoms with E-state index >= 15 is 0 Å². The number of hydrogen-bond donors (Lipinski definition) is 1. The minimum atomic E-state index is -0.0595. The molecule has 0 saturated carbocycles. The van der Waals surface area contributed by atoms with E-state index in [2.05, 4.69) is 12.2 Å². The van der Waals surface area contributed by atoms with Gasteiger partial charge in [0.1, 0.15) is 0 Å². The third-order valence-electron chi connectivity index (χ3n) is 3.41. The second-order valence-electron chi connectivity index (χ2n) is 4.74. The zero-order chi connectivity index (χ0) is 13.5. The van der Waals surface area contributed by atoms with Crippen LogP contribution in [0.5, 0.6) is 0 Å². The summed E-state index contributed by atoms with van der Waals surface area (Å²) >= 11 is 0. The molecule has 3 unspecified atom stereocenters. The van der Waals surface area contributed by atoms with Crippen LogP contribution in [0.1, 0.15) is 33.1 Å². The molecule has 1 aliphatic heterocycles. The average Bonchev–Trinajstić information content (AvgIpc) is 2.66. The number of carbonyl (C=O) groups excluding carboxylic acids is 1. The van der Waals surface area contributed by atoms with Crippen molar-refractivity contribution in [2.75, 3.05) is 27.4 Å². The van der Waals surface area contributed by atoms with Crippen molar-refractivity contribution in [2.24, 2.45) is 0 Å². The molecule has 5 heteroatoms. The lowest BCUT2D eigenvalue weighted by Crippen LogP contribution is -2.43. The summed E-state index contributed by atoms with van der Waals surface area (Å²) in [7, 11) is 3.30. The summed E-state index contributed by atoms with van der Waals surface area (Å²) in [6, 6.07) is -0.0402. The molecular formula is C13H26N2O3. The van der Waals surface area contributed by atoms with Gasteiger partial charge in [-0.25, -0.2) is 0 Å². The average molecular weight is 258 g/mol. The smallest absolute Gasteiger partial charge is 0.241 e. The van der Waals surface area contributed by atoms with Gasteiger partial charge in [0.15, 0.2) is 0 Å². The molecule has 106 valence electrons. The predicted molar refractivity (Wildman–Crippen MR) is 70.3 cm³/mol. The third-order valence-corrected chi connectivity index (χ3v) is 3.41. The summed E-state index contributed by atoms with van der Waals surface area (Å²) in [5, 5.41) is 3.39. The Labute approximate surface area is 110 Å². The molecule has 0 spiro atoms. The van der Waals surface area contributed by atoms with Crippen LogP contribution in [0, 0.1) is 0 Å². The fourth-order valence-electron chi connectivity index (χ4n) is 2.37. The number of carbonyl (C=O) groups is 1. The van der Waals surface area contributed by atoms with Gasteiger partial charge in [0.2, 0.25) is 5.91 Å². The topological polar surface area (TPSA) is 50.8 Å². The minimum Gasteiger partial charge on any atom is -0.382 e. The minimum absolute atomic E-state index is 0.0402. The molecule has 18 heavy (non-hydrogen) atoms. The second kappa shape index (κ2) is 7.71. The first-order valence-corrected chi connectivity index (χ1v) is 6.76. The summed E-state index contributed by atoms with van der Waals surface area (Å²) in [4.78, 5) is 14.2. The highest BCUT2D eigenvalue weighted by atomic mass is 16.5. The Kier molecular flexibility index (Phi) is 6.60. The van der Waals surface area contributed by atoms with Gasteiger partial charge in [0.05, 0.1) is 31.5 Å². The Morgan fingerprint density at radius 2 is 2.11 bits per heavy atom. The van der Waals surface area contributed by atoms with Gasteiger partial charge in [0.25, 0.3) is 0 Å². The molecule has 1 N–H and O–H groups in total. The molecule has 1 amide bonds. The first kappa shape index (κ1) is 15.4. The number of nitrogens with one attached hydrogen (secondary N) is 1. The van der Waals surface area contributed by atoms with E-state index in [1.54, 1.807) is 14.2 Å². The van der Waals surface area contributed by atoms with Crippen LogP contribution in [0.2, 0.25) is 0 Å². The van der Waals surface area contributed by atoms with E-state index in [-0.39, 0.29) is 24.2 Å². The maximum atomic E-state index is 12.2. The second-order valence-corrected chi connectivity index (χ2v) is 4.74. The Morgan fingerprint density at radius 1 is 1.39 bits per heavy atom. The van der Waals surface area contributed by atoms with Crippen LogP contribution in [0.4, 0.5) is 0 Å². The number of rotatable bonds is 8. The van der Waals surface area contributed by atoms with Gasteiger partial charge in [-0.15, -0.1) is 0 Å². The highest BCUT2D eigenvalue weighted by Gasteiger charge is 2.38. The molecule has 0 aliphatic carbocycles. The van der Waals surface area contributed by atoms with Crippen molar-refractivity contribution < 1.29 is 14.3 Å². The number of methoxy groups -OCH3 is 2. The number of ether oxygens (including phenoxy) is 2. The van der Waals surface area contributed by atoms with Crippen LogP contribution in [-0.4, -0.2) is 56.5 Å². The Balaban J connectivity index is 2.65. The summed E-state index contributed by atoms with van der Waals surface area (Å²) in [6.07, 6.45) is 2.95. The van der Waals surface area contributed by atoms with E-state index in [4.69, 9.17) is 9.47 Å². The molecular weight excluding hydrogens is 232 g/mol. The van der Waals surface area contributed by atoms with Gasteiger partial charge in [-0.05, 0) is 12.8 Å². The molecule has 1 rings (SSSR count). The lowest BCUT2D eigenvalue weighted by atomic mass is 10.2. The van der Waals surface area contributed by atoms with Crippen LogP contribution < -0.4 is 5.32 Å². The zero-order valence-electron chi connectivity index (χ0n) is 11.9. The molecule has 0 aromatic heterocycles. The van der Waals surface area contributed by atoms with Crippen LogP contribution in [0.15, 0.2) is 0 Å². The van der Waals surface area contributed by atoms with Crippen molar-refractivity contribution in [1.29, 1.82) is 0 Å². The third kappa shape index (κ3) is 3.67. The summed E-state index contributed by atoms with van der Waals surface area (Å²) in [5.74, 6) is 0.189. The molecule has 0 bridgehead atoms. The molecule has 0 aromatic carbocycles. The summed E-state index contributed by atoms with van der Waals surface area (Å²) < 4.78 is 10.5. The van der Waals surface area contributed by atoms with E-state index in [1.807, 2.05) is 11.8 Å². The van der Waals surface area contributed by atoms with Crippen LogP contribution in [0.3, 0.4) is 0 Å². The monoisotopic (exact) mass is 258 g/mol. The van der Waals surface area contributed by atoms with Gasteiger partial charge in [-0.2, -0.15) is 0 Å². The summed E-state index contributed by atoms with van der Waals surface area (Å²) in [6.45, 7) is 5.27. The Morgan fingerprint density at radius 3 is 2.61 bits per heavy atom. The van der Waals surface area contributed by atoms with Gasteiger partial charge < -0.3 is 14.4 Å². The molecule has 0 radical (unpaired) electrons. The number of hydrogen-bond acceptors (Lipinski definition) is 4. The van der Waals surface area contributed by atoms with Gasteiger partial charge in [0, 0.05) is 14.2 Å². The van der Waals surface area contributed by atoms with E-state index in [0.717, 1.165) is 19.3 Å². The van der Waals surface area contributed by atoms with Crippen molar-refractivity contribution in [2.45, 2.75) is 51.4 Å². The van der Waals surface area contributed by atoms with Crippen LogP contribution >= 0.6 is 0 Å². The molecule has 1 heterocycles. The predicted octanol–water partition coefficient (Wildman–Crippen LogP) is 0.984. The molecule has 0 aromatic rings. The van der Waals surface area contributed by atoms with Crippen molar-refractivity contribution in [3.63, 3.8) is 0 Å². The lowest BCUT2D eigenvalue weighted by molar-refractivity contribution is -0.132. The first-order chi connectivity index (χ1) is 8.67. The number of amides is 1. The van der Waals surface area contributed by atoms with Crippen LogP contribution in [-0.2, 0) is 14.3 Å². The van der Waals surface area contributed by atoms with E-state index in [9.17, 15) is 4.79 Å². The van der Waals surface area contributed by atoms with Crippen molar-refractivity contribution in [3.8, 4) is 0 Å². The molecule has 1 aliphatic rings. The molecule has 5 nitrogen and oxygen atoms in total.